The predicted molar refractivity (Wildman–Crippen MR) is 221 cm³/mol. The maximum Gasteiger partial charge on any atom is 0.472 e. The molecule has 6 N–H and O–H groups in total. The SMILES string of the molecule is CCCCCCCC/C=C/C/C=C/CCCCC(=O)O[C@H](COC(=O)CCCCC/C=C/CCCCCCCC)COP(=O)(O)OC1C(O)C(O)C(O)[C@@H](O)C1O. The third-order valence-electron chi connectivity index (χ3n) is 9.95. The monoisotopic (exact) mass is 833 g/mol. The van der Waals surface area contributed by atoms with E-state index in [1.54, 1.807) is 0 Å². The molecular formula is C43H77O13P. The Morgan fingerprint density at radius 3 is 1.47 bits per heavy atom. The van der Waals surface area contributed by atoms with Crippen molar-refractivity contribution in [3.05, 3.63) is 36.5 Å². The molecule has 0 spiro atoms. The first-order chi connectivity index (χ1) is 27.4. The van der Waals surface area contributed by atoms with E-state index in [1.165, 1.54) is 77.0 Å². The number of hydrogen-bond acceptors (Lipinski definition) is 12. The summed E-state index contributed by atoms with van der Waals surface area (Å²) in [6.07, 6.45) is 23.6. The molecule has 8 atom stereocenters. The Hall–Kier alpha value is -1.93. The number of allylic oxidation sites excluding steroid dienone is 6. The van der Waals surface area contributed by atoms with Crippen molar-refractivity contribution < 1.29 is 63.1 Å². The second-order valence-corrected chi connectivity index (χ2v) is 16.6. The topological polar surface area (TPSA) is 210 Å². The minimum atomic E-state index is -5.12. The molecule has 0 bridgehead atoms. The van der Waals surface area contributed by atoms with Gasteiger partial charge in [0, 0.05) is 12.8 Å². The summed E-state index contributed by atoms with van der Waals surface area (Å²) >= 11 is 0. The van der Waals surface area contributed by atoms with Crippen LogP contribution in [0.1, 0.15) is 168 Å². The molecule has 0 saturated heterocycles. The fourth-order valence-corrected chi connectivity index (χ4v) is 7.34. The average Bonchev–Trinajstić information content (AvgIpc) is 3.19. The molecule has 6 unspecified atom stereocenters. The number of carbonyl (C=O) groups excluding carboxylic acids is 2. The molecule has 1 fully saturated rings. The van der Waals surface area contributed by atoms with Crippen LogP contribution < -0.4 is 0 Å². The molecule has 0 aromatic rings. The van der Waals surface area contributed by atoms with E-state index < -0.39 is 75.7 Å². The largest absolute Gasteiger partial charge is 0.472 e. The van der Waals surface area contributed by atoms with Crippen LogP contribution in [-0.4, -0.2) is 98.3 Å². The van der Waals surface area contributed by atoms with Crippen LogP contribution >= 0.6 is 7.82 Å². The second-order valence-electron chi connectivity index (χ2n) is 15.2. The van der Waals surface area contributed by atoms with E-state index in [0.717, 1.165) is 51.4 Å². The van der Waals surface area contributed by atoms with E-state index in [1.807, 2.05) is 0 Å². The smallest absolute Gasteiger partial charge is 0.462 e. The van der Waals surface area contributed by atoms with Crippen molar-refractivity contribution in [3.63, 3.8) is 0 Å². The lowest BCUT2D eigenvalue weighted by molar-refractivity contribution is -0.220. The molecule has 0 heterocycles. The van der Waals surface area contributed by atoms with Crippen LogP contribution in [0.2, 0.25) is 0 Å². The number of aliphatic hydroxyl groups excluding tert-OH is 5. The molecular weight excluding hydrogens is 755 g/mol. The molecule has 57 heavy (non-hydrogen) atoms. The van der Waals surface area contributed by atoms with E-state index in [-0.39, 0.29) is 12.8 Å². The summed E-state index contributed by atoms with van der Waals surface area (Å²) in [6, 6.07) is 0. The molecule has 0 aromatic carbocycles. The predicted octanol–water partition coefficient (Wildman–Crippen LogP) is 7.83. The van der Waals surface area contributed by atoms with E-state index in [0.29, 0.717) is 12.8 Å². The first-order valence-corrected chi connectivity index (χ1v) is 23.3. The van der Waals surface area contributed by atoms with Gasteiger partial charge in [0.1, 0.15) is 43.2 Å². The van der Waals surface area contributed by atoms with Crippen LogP contribution in [0.3, 0.4) is 0 Å². The first kappa shape index (κ1) is 53.1. The standard InChI is InChI=1S/C43H77O13P/c1-3-5-7-9-11-13-15-17-18-20-22-24-26-28-30-32-37(45)55-35(34-54-57(51,52)56-43-41(49)39(47)38(46)40(48)42(43)50)33-53-36(44)31-29-27-25-23-21-19-16-14-12-10-8-6-4-2/h17-19,21-22,24,35,38-43,46-50H,3-16,20,23,25-34H2,1-2H3,(H,51,52)/b18-17+,21-19+,24-22+/t35-,38?,39-,40?,41?,42?,43?/m1/s1. The van der Waals surface area contributed by atoms with Gasteiger partial charge in [0.25, 0.3) is 0 Å². The number of rotatable bonds is 35. The van der Waals surface area contributed by atoms with Gasteiger partial charge in [0.05, 0.1) is 6.61 Å². The van der Waals surface area contributed by atoms with E-state index in [4.69, 9.17) is 18.5 Å². The molecule has 0 aromatic heterocycles. The Kier molecular flexibility index (Phi) is 31.5. The van der Waals surface area contributed by atoms with Crippen LogP contribution in [0, 0.1) is 0 Å². The normalized spacial score (nSPS) is 23.0. The number of carbonyl (C=O) groups is 2. The molecule has 1 aliphatic carbocycles. The van der Waals surface area contributed by atoms with Crippen molar-refractivity contribution >= 4 is 19.8 Å². The van der Waals surface area contributed by atoms with Crippen molar-refractivity contribution in [3.8, 4) is 0 Å². The van der Waals surface area contributed by atoms with E-state index in [2.05, 4.69) is 50.3 Å². The highest BCUT2D eigenvalue weighted by Crippen LogP contribution is 2.47. The zero-order chi connectivity index (χ0) is 42.2. The van der Waals surface area contributed by atoms with Gasteiger partial charge in [0.2, 0.25) is 0 Å². The van der Waals surface area contributed by atoms with Crippen molar-refractivity contribution in [2.24, 2.45) is 0 Å². The van der Waals surface area contributed by atoms with Gasteiger partial charge in [-0.25, -0.2) is 4.57 Å². The summed E-state index contributed by atoms with van der Waals surface area (Å²) in [5, 5.41) is 50.0. The lowest BCUT2D eigenvalue weighted by Gasteiger charge is -2.41. The third-order valence-corrected chi connectivity index (χ3v) is 10.9. The fourth-order valence-electron chi connectivity index (χ4n) is 6.37. The molecule has 1 rings (SSSR count). The lowest BCUT2D eigenvalue weighted by Crippen LogP contribution is -2.64. The van der Waals surface area contributed by atoms with Crippen LogP contribution in [-0.2, 0) is 32.7 Å². The number of phosphoric ester groups is 1. The molecule has 0 amide bonds. The lowest BCUT2D eigenvalue weighted by atomic mass is 9.85. The van der Waals surface area contributed by atoms with E-state index >= 15 is 0 Å². The molecule has 332 valence electrons. The van der Waals surface area contributed by atoms with Gasteiger partial charge in [-0.05, 0) is 70.6 Å². The molecule has 1 aliphatic rings. The van der Waals surface area contributed by atoms with Crippen LogP contribution in [0.15, 0.2) is 36.5 Å². The maximum absolute atomic E-state index is 12.8. The Balaban J connectivity index is 2.53. The molecule has 13 nitrogen and oxygen atoms in total. The summed E-state index contributed by atoms with van der Waals surface area (Å²) < 4.78 is 33.4. The number of esters is 2. The minimum Gasteiger partial charge on any atom is -0.462 e. The third kappa shape index (κ3) is 26.7. The quantitative estimate of drug-likeness (QED) is 0.0156. The van der Waals surface area contributed by atoms with Gasteiger partial charge < -0.3 is 39.9 Å². The van der Waals surface area contributed by atoms with E-state index in [9.17, 15) is 44.6 Å². The molecule has 1 saturated carbocycles. The summed E-state index contributed by atoms with van der Waals surface area (Å²) in [4.78, 5) is 35.6. The highest BCUT2D eigenvalue weighted by Gasteiger charge is 2.51. The number of unbranched alkanes of at least 4 members (excludes halogenated alkanes) is 17. The number of aliphatic hydroxyl groups is 5. The maximum atomic E-state index is 12.8. The fraction of sp³-hybridized carbons (Fsp3) is 0.814. The first-order valence-electron chi connectivity index (χ1n) is 21.8. The van der Waals surface area contributed by atoms with Crippen molar-refractivity contribution in [1.82, 2.24) is 0 Å². The van der Waals surface area contributed by atoms with Crippen molar-refractivity contribution in [2.75, 3.05) is 13.2 Å². The van der Waals surface area contributed by atoms with Gasteiger partial charge in [-0.2, -0.15) is 0 Å². The average molecular weight is 833 g/mol. The second kappa shape index (κ2) is 33.9. The van der Waals surface area contributed by atoms with Gasteiger partial charge in [-0.3, -0.25) is 18.6 Å². The van der Waals surface area contributed by atoms with Crippen LogP contribution in [0.4, 0.5) is 0 Å². The number of ether oxygens (including phenoxy) is 2. The molecule has 0 radical (unpaired) electrons. The van der Waals surface area contributed by atoms with Gasteiger partial charge in [-0.15, -0.1) is 0 Å². The van der Waals surface area contributed by atoms with Crippen LogP contribution in [0.5, 0.6) is 0 Å². The molecule has 14 heteroatoms. The number of phosphoric acid groups is 1. The summed E-state index contributed by atoms with van der Waals surface area (Å²) in [6.45, 7) is 3.22. The highest BCUT2D eigenvalue weighted by atomic mass is 31.2. The number of hydrogen-bond donors (Lipinski definition) is 6. The minimum absolute atomic E-state index is 0.0513. The molecule has 0 aliphatic heterocycles. The highest BCUT2D eigenvalue weighted by molar-refractivity contribution is 7.47. The van der Waals surface area contributed by atoms with Gasteiger partial charge in [-0.1, -0.05) is 121 Å². The zero-order valence-electron chi connectivity index (χ0n) is 34.9. The Labute approximate surface area is 342 Å². The van der Waals surface area contributed by atoms with Gasteiger partial charge >= 0.3 is 19.8 Å². The van der Waals surface area contributed by atoms with Crippen molar-refractivity contribution in [1.29, 1.82) is 0 Å². The Bertz CT molecular complexity index is 1150. The van der Waals surface area contributed by atoms with Crippen LogP contribution in [0.25, 0.3) is 0 Å². The Morgan fingerprint density at radius 2 is 0.947 bits per heavy atom. The summed E-state index contributed by atoms with van der Waals surface area (Å²) in [5.41, 5.74) is 0. The Morgan fingerprint density at radius 1 is 0.544 bits per heavy atom. The van der Waals surface area contributed by atoms with Crippen molar-refractivity contribution in [2.45, 2.75) is 211 Å². The summed E-state index contributed by atoms with van der Waals surface area (Å²) in [7, 11) is -5.12. The van der Waals surface area contributed by atoms with Gasteiger partial charge in [0.15, 0.2) is 6.10 Å². The zero-order valence-corrected chi connectivity index (χ0v) is 35.8. The summed E-state index contributed by atoms with van der Waals surface area (Å²) in [5.74, 6) is -1.16.